The molecule has 0 amide bonds. The van der Waals surface area contributed by atoms with Gasteiger partial charge in [0.1, 0.15) is 5.76 Å². The Morgan fingerprint density at radius 2 is 1.90 bits per heavy atom. The van der Waals surface area contributed by atoms with Gasteiger partial charge in [-0.05, 0) is 17.5 Å². The molecule has 1 heterocycles. The quantitative estimate of drug-likeness (QED) is 0.636. The van der Waals surface area contributed by atoms with Crippen LogP contribution in [0.15, 0.2) is 67.1 Å². The van der Waals surface area contributed by atoms with E-state index < -0.39 is 6.04 Å². The molecule has 21 heavy (non-hydrogen) atoms. The van der Waals surface area contributed by atoms with Crippen molar-refractivity contribution in [3.05, 3.63) is 72.6 Å². The number of aliphatic hydroxyl groups is 1. The number of nitrogens with two attached hydrogens (primary N) is 1. The SMILES string of the molecule is C=C(O)C(N)Cc1c[nH]c2c(-c3ccccc3)cccc12. The first-order valence-electron chi connectivity index (χ1n) is 6.94. The van der Waals surface area contributed by atoms with Gasteiger partial charge in [-0.25, -0.2) is 0 Å². The van der Waals surface area contributed by atoms with E-state index in [2.05, 4.69) is 35.8 Å². The maximum Gasteiger partial charge on any atom is 0.102 e. The highest BCUT2D eigenvalue weighted by Crippen LogP contribution is 2.30. The molecule has 0 saturated heterocycles. The van der Waals surface area contributed by atoms with Crippen molar-refractivity contribution in [2.45, 2.75) is 12.5 Å². The summed E-state index contributed by atoms with van der Waals surface area (Å²) in [6, 6.07) is 16.0. The molecule has 0 spiro atoms. The molecule has 0 saturated carbocycles. The standard InChI is InChI=1S/C18H18N2O/c1-12(21)17(19)10-14-11-20-18-15(8-5-9-16(14)18)13-6-3-2-4-7-13/h2-9,11,17,20-21H,1,10,19H2. The van der Waals surface area contributed by atoms with Gasteiger partial charge in [0.2, 0.25) is 0 Å². The number of fused-ring (bicyclic) bond motifs is 1. The third kappa shape index (κ3) is 2.56. The van der Waals surface area contributed by atoms with Crippen LogP contribution < -0.4 is 5.73 Å². The van der Waals surface area contributed by atoms with Crippen LogP contribution in [-0.4, -0.2) is 16.1 Å². The fraction of sp³-hybridized carbons (Fsp3) is 0.111. The number of hydrogen-bond acceptors (Lipinski definition) is 2. The number of aromatic amines is 1. The smallest absolute Gasteiger partial charge is 0.102 e. The van der Waals surface area contributed by atoms with Gasteiger partial charge in [0.25, 0.3) is 0 Å². The number of aromatic nitrogens is 1. The number of para-hydroxylation sites is 1. The molecule has 4 N–H and O–H groups in total. The van der Waals surface area contributed by atoms with Crippen LogP contribution in [0.25, 0.3) is 22.0 Å². The Balaban J connectivity index is 2.06. The zero-order chi connectivity index (χ0) is 14.8. The van der Waals surface area contributed by atoms with Crippen LogP contribution in [-0.2, 0) is 6.42 Å². The molecule has 1 unspecified atom stereocenters. The summed E-state index contributed by atoms with van der Waals surface area (Å²) in [5.74, 6) is 0.0172. The Morgan fingerprint density at radius 3 is 2.62 bits per heavy atom. The molecule has 1 atom stereocenters. The van der Waals surface area contributed by atoms with Crippen molar-refractivity contribution in [1.82, 2.24) is 4.98 Å². The second kappa shape index (κ2) is 5.46. The largest absolute Gasteiger partial charge is 0.511 e. The topological polar surface area (TPSA) is 62.0 Å². The maximum absolute atomic E-state index is 9.39. The molecule has 3 aromatic rings. The third-order valence-electron chi connectivity index (χ3n) is 3.75. The summed E-state index contributed by atoms with van der Waals surface area (Å²) in [5, 5.41) is 10.5. The molecule has 1 aromatic heterocycles. The van der Waals surface area contributed by atoms with E-state index in [0.29, 0.717) is 6.42 Å². The van der Waals surface area contributed by atoms with Gasteiger partial charge in [-0.3, -0.25) is 0 Å². The molecule has 0 fully saturated rings. The van der Waals surface area contributed by atoms with Crippen LogP contribution in [0.2, 0.25) is 0 Å². The van der Waals surface area contributed by atoms with Crippen LogP contribution in [0, 0.1) is 0 Å². The summed E-state index contributed by atoms with van der Waals surface area (Å²) in [6.07, 6.45) is 2.52. The van der Waals surface area contributed by atoms with Gasteiger partial charge in [-0.2, -0.15) is 0 Å². The van der Waals surface area contributed by atoms with E-state index in [4.69, 9.17) is 5.73 Å². The molecule has 0 radical (unpaired) electrons. The Morgan fingerprint density at radius 1 is 1.14 bits per heavy atom. The second-order valence-corrected chi connectivity index (χ2v) is 5.21. The summed E-state index contributed by atoms with van der Waals surface area (Å²) in [5.41, 5.74) is 10.4. The van der Waals surface area contributed by atoms with E-state index in [-0.39, 0.29) is 5.76 Å². The molecule has 0 aliphatic carbocycles. The minimum Gasteiger partial charge on any atom is -0.511 e. The summed E-state index contributed by atoms with van der Waals surface area (Å²) in [4.78, 5) is 3.33. The molecule has 3 rings (SSSR count). The number of benzene rings is 2. The third-order valence-corrected chi connectivity index (χ3v) is 3.75. The van der Waals surface area contributed by atoms with Crippen LogP contribution in [0.3, 0.4) is 0 Å². The minimum absolute atomic E-state index is 0.0172. The normalized spacial score (nSPS) is 12.4. The lowest BCUT2D eigenvalue weighted by Gasteiger charge is -2.09. The monoisotopic (exact) mass is 278 g/mol. The van der Waals surface area contributed by atoms with E-state index in [1.54, 1.807) is 0 Å². The Labute approximate surface area is 123 Å². The lowest BCUT2D eigenvalue weighted by atomic mass is 9.99. The Kier molecular flexibility index (Phi) is 3.50. The van der Waals surface area contributed by atoms with Crippen molar-refractivity contribution in [2.75, 3.05) is 0 Å². The molecule has 0 aliphatic rings. The highest BCUT2D eigenvalue weighted by atomic mass is 16.3. The van der Waals surface area contributed by atoms with Crippen molar-refractivity contribution in [3.63, 3.8) is 0 Å². The molecular formula is C18H18N2O. The highest BCUT2D eigenvalue weighted by molar-refractivity contribution is 5.96. The van der Waals surface area contributed by atoms with Crippen molar-refractivity contribution in [1.29, 1.82) is 0 Å². The van der Waals surface area contributed by atoms with Crippen LogP contribution in [0.1, 0.15) is 5.56 Å². The van der Waals surface area contributed by atoms with Gasteiger partial charge in [0, 0.05) is 17.1 Å². The first-order chi connectivity index (χ1) is 10.2. The summed E-state index contributed by atoms with van der Waals surface area (Å²) >= 11 is 0. The summed E-state index contributed by atoms with van der Waals surface area (Å²) < 4.78 is 0. The van der Waals surface area contributed by atoms with Gasteiger partial charge in [0.05, 0.1) is 11.6 Å². The lowest BCUT2D eigenvalue weighted by Crippen LogP contribution is -2.24. The van der Waals surface area contributed by atoms with Gasteiger partial charge in [-0.15, -0.1) is 0 Å². The van der Waals surface area contributed by atoms with Gasteiger partial charge in [0.15, 0.2) is 0 Å². The number of aliphatic hydroxyl groups excluding tert-OH is 1. The van der Waals surface area contributed by atoms with Crippen LogP contribution in [0.4, 0.5) is 0 Å². The van der Waals surface area contributed by atoms with Gasteiger partial charge >= 0.3 is 0 Å². The zero-order valence-electron chi connectivity index (χ0n) is 11.7. The van der Waals surface area contributed by atoms with E-state index in [9.17, 15) is 5.11 Å². The zero-order valence-corrected chi connectivity index (χ0v) is 11.7. The van der Waals surface area contributed by atoms with Crippen molar-refractivity contribution >= 4 is 10.9 Å². The minimum atomic E-state index is -0.440. The van der Waals surface area contributed by atoms with Crippen molar-refractivity contribution in [2.24, 2.45) is 5.73 Å². The average Bonchev–Trinajstić information content (AvgIpc) is 2.91. The highest BCUT2D eigenvalue weighted by Gasteiger charge is 2.13. The van der Waals surface area contributed by atoms with Crippen molar-refractivity contribution < 1.29 is 5.11 Å². The molecule has 106 valence electrons. The van der Waals surface area contributed by atoms with Gasteiger partial charge < -0.3 is 15.8 Å². The van der Waals surface area contributed by atoms with Crippen LogP contribution >= 0.6 is 0 Å². The first kappa shape index (κ1) is 13.5. The maximum atomic E-state index is 9.39. The Bertz CT molecular complexity index is 774. The van der Waals surface area contributed by atoms with Crippen molar-refractivity contribution in [3.8, 4) is 11.1 Å². The van der Waals surface area contributed by atoms with Crippen LogP contribution in [0.5, 0.6) is 0 Å². The fourth-order valence-corrected chi connectivity index (χ4v) is 2.59. The molecule has 3 heteroatoms. The number of hydrogen-bond donors (Lipinski definition) is 3. The molecule has 3 nitrogen and oxygen atoms in total. The second-order valence-electron chi connectivity index (χ2n) is 5.21. The lowest BCUT2D eigenvalue weighted by molar-refractivity contribution is 0.369. The average molecular weight is 278 g/mol. The predicted molar refractivity (Wildman–Crippen MR) is 87.2 cm³/mol. The number of nitrogens with one attached hydrogen (secondary N) is 1. The fourth-order valence-electron chi connectivity index (χ4n) is 2.59. The predicted octanol–water partition coefficient (Wildman–Crippen LogP) is 3.78. The molecular weight excluding hydrogens is 260 g/mol. The molecule has 0 aliphatic heterocycles. The molecule has 2 aromatic carbocycles. The first-order valence-corrected chi connectivity index (χ1v) is 6.94. The Hall–Kier alpha value is -2.52. The summed E-state index contributed by atoms with van der Waals surface area (Å²) in [6.45, 7) is 3.50. The number of rotatable bonds is 4. The van der Waals surface area contributed by atoms with E-state index in [1.807, 2.05) is 30.5 Å². The van der Waals surface area contributed by atoms with Gasteiger partial charge in [-0.1, -0.05) is 55.1 Å². The van der Waals surface area contributed by atoms with E-state index >= 15 is 0 Å². The van der Waals surface area contributed by atoms with E-state index in [0.717, 1.165) is 22.0 Å². The van der Waals surface area contributed by atoms with E-state index in [1.165, 1.54) is 5.56 Å². The summed E-state index contributed by atoms with van der Waals surface area (Å²) in [7, 11) is 0. The number of H-pyrrole nitrogens is 1. The molecule has 0 bridgehead atoms.